The molecule has 2 aliphatic carbocycles. The summed E-state index contributed by atoms with van der Waals surface area (Å²) >= 11 is 14.7. The van der Waals surface area contributed by atoms with Gasteiger partial charge in [-0.3, -0.25) is 0 Å². The Balaban J connectivity index is 0.000000327. The third-order valence-corrected chi connectivity index (χ3v) is 17.5. The highest BCUT2D eigenvalue weighted by Gasteiger charge is 2.45. The Morgan fingerprint density at radius 2 is 0.836 bits per heavy atom. The maximum Gasteiger partial charge on any atom is 0.573 e. The van der Waals surface area contributed by atoms with Gasteiger partial charge in [-0.15, -0.1) is 26.3 Å². The summed E-state index contributed by atoms with van der Waals surface area (Å²) in [4.78, 5) is 75.8. The number of H-pyrrole nitrogens is 1. The standard InChI is InChI=1S/C41H41F3N4O6.C22H27F3N4O6.C6H12ClNO2.C4H11N.C2H2Cl2O2/c1-3-47(4-2)39(50)52-28-51-38(49)36-37(53-34-24-20-29(21-25-34)30-22-26-35(27-23-30)54-41(42,43)44)45-46-48(36)40(31-14-8-5-9-15-31,32-16-10-6-11-17-32)33-18-12-7-13-19-33;1-3-29(4-2)21(31)33-13-32-20(30)18-19(27-28-26-18)34-16-9-5-14(6-10-16)15-7-11-17(12-8-15)35-22(23,24)25;1-3-8(4-2)6(9)10-5-7;1-3-5-4-2;3-1-6-2(4)5/h5-19,22-23,26-27,29,34H,3-4,20-21,24-25,28H2,1-2H3;7-8,11-12,14,16H,3-6,9-10,13H2,1-2H3,(H,26,27,28);3-5H2,1-2H3;5H,3-4H2,1-2H3;1H2. The molecule has 0 aliphatic heterocycles. The van der Waals surface area contributed by atoms with Gasteiger partial charge in [0.1, 0.15) is 29.2 Å². The van der Waals surface area contributed by atoms with E-state index in [4.69, 9.17) is 51.6 Å². The van der Waals surface area contributed by atoms with Crippen LogP contribution in [0.15, 0.2) is 140 Å². The van der Waals surface area contributed by atoms with Crippen molar-refractivity contribution >= 4 is 70.4 Å². The molecular formula is C75H93Cl3F6N10O16. The number of alkyl halides is 8. The van der Waals surface area contributed by atoms with E-state index in [-0.39, 0.29) is 76.9 Å². The zero-order valence-corrected chi connectivity index (χ0v) is 64.5. The lowest BCUT2D eigenvalue weighted by atomic mass is 9.77. The van der Waals surface area contributed by atoms with E-state index in [0.29, 0.717) is 77.8 Å². The van der Waals surface area contributed by atoms with Crippen LogP contribution in [0.25, 0.3) is 0 Å². The van der Waals surface area contributed by atoms with Crippen molar-refractivity contribution in [2.24, 2.45) is 0 Å². The molecule has 0 spiro atoms. The molecule has 3 amide bonds. The molecule has 110 heavy (non-hydrogen) atoms. The number of carbonyl (C=O) groups is 6. The van der Waals surface area contributed by atoms with Crippen LogP contribution >= 0.6 is 34.8 Å². The third kappa shape index (κ3) is 28.9. The average molecular weight is 1610 g/mol. The molecule has 602 valence electrons. The lowest BCUT2D eigenvalue weighted by Gasteiger charge is -2.36. The second-order valence-electron chi connectivity index (χ2n) is 23.8. The number of nitrogens with zero attached hydrogens (tertiary/aromatic N) is 8. The van der Waals surface area contributed by atoms with Gasteiger partial charge in [0.2, 0.25) is 25.0 Å². The van der Waals surface area contributed by atoms with E-state index in [2.05, 4.69) is 75.4 Å². The number of benzene rings is 5. The topological polar surface area (TPSA) is 289 Å². The van der Waals surface area contributed by atoms with Gasteiger partial charge in [0.05, 0.1) is 0 Å². The number of rotatable bonds is 28. The van der Waals surface area contributed by atoms with Gasteiger partial charge >= 0.3 is 48.4 Å². The first-order valence-corrected chi connectivity index (χ1v) is 37.1. The van der Waals surface area contributed by atoms with Crippen LogP contribution in [0.5, 0.6) is 23.3 Å². The lowest BCUT2D eigenvalue weighted by Crippen LogP contribution is -2.41. The Kier molecular flexibility index (Phi) is 39.1. The number of nitrogens with one attached hydrogen (secondary N) is 2. The molecule has 9 rings (SSSR count). The number of carbonyl (C=O) groups excluding carboxylic acids is 6. The molecule has 5 aromatic carbocycles. The largest absolute Gasteiger partial charge is 0.573 e. The SMILES string of the molecule is CCN(CC)C(=O)OCCl.CCN(CC)C(=O)OCOC(=O)c1[nH]nnc1OC1CCC(c2ccc(OC(F)(F)F)cc2)CC1.CCN(CC)C(=O)OCOC(=O)c1c(OC2CCC(c3ccc(OC(F)(F)F)cc3)CC2)nnn1C(c1ccccc1)(c1ccccc1)c1ccccc1.CCNCC.O=C(Cl)OCCl. The highest BCUT2D eigenvalue weighted by Crippen LogP contribution is 2.44. The van der Waals surface area contributed by atoms with E-state index in [9.17, 15) is 55.1 Å². The molecule has 0 atom stereocenters. The van der Waals surface area contributed by atoms with Crippen molar-refractivity contribution in [2.45, 2.75) is 149 Å². The van der Waals surface area contributed by atoms with Gasteiger partial charge in [-0.1, -0.05) is 173 Å². The number of halogens is 9. The normalized spacial score (nSPS) is 15.2. The Bertz CT molecular complexity index is 3730. The van der Waals surface area contributed by atoms with Gasteiger partial charge in [-0.05, 0) is 170 Å². The summed E-state index contributed by atoms with van der Waals surface area (Å²) in [5, 5.41) is 22.0. The zero-order chi connectivity index (χ0) is 80.7. The summed E-state index contributed by atoms with van der Waals surface area (Å²) in [6.07, 6.45) is -6.34. The fraction of sp³-hybridized carbons (Fsp3) is 0.467. The average Bonchev–Trinajstić information content (AvgIpc) is 1.43. The van der Waals surface area contributed by atoms with Crippen LogP contribution in [0.4, 0.5) is 45.5 Å². The molecule has 7 aromatic rings. The molecule has 2 fully saturated rings. The van der Waals surface area contributed by atoms with Crippen LogP contribution in [0.2, 0.25) is 0 Å². The summed E-state index contributed by atoms with van der Waals surface area (Å²) in [5.74, 6) is -2.01. The molecule has 2 N–H and O–H groups in total. The van der Waals surface area contributed by atoms with Crippen LogP contribution in [-0.2, 0) is 34.0 Å². The predicted molar refractivity (Wildman–Crippen MR) is 395 cm³/mol. The molecule has 2 heterocycles. The minimum atomic E-state index is -4.76. The van der Waals surface area contributed by atoms with Gasteiger partial charge in [0.25, 0.3) is 11.8 Å². The fourth-order valence-electron chi connectivity index (χ4n) is 11.8. The van der Waals surface area contributed by atoms with Gasteiger partial charge in [-0.2, -0.15) is 0 Å². The molecular weight excluding hydrogens is 1520 g/mol. The molecule has 35 heteroatoms. The minimum absolute atomic E-state index is 0.0119. The van der Waals surface area contributed by atoms with Crippen molar-refractivity contribution in [1.29, 1.82) is 0 Å². The number of aromatic nitrogens is 6. The van der Waals surface area contributed by atoms with Crippen LogP contribution in [-0.4, -0.2) is 184 Å². The first-order chi connectivity index (χ1) is 52.8. The summed E-state index contributed by atoms with van der Waals surface area (Å²) in [6, 6.07) is 40.4. The highest BCUT2D eigenvalue weighted by atomic mass is 35.5. The van der Waals surface area contributed by atoms with E-state index in [0.717, 1.165) is 53.7 Å². The van der Waals surface area contributed by atoms with Crippen molar-refractivity contribution < 1.29 is 102 Å². The minimum Gasteiger partial charge on any atom is -0.472 e. The number of ether oxygens (including phenoxy) is 10. The Morgan fingerprint density at radius 1 is 0.473 bits per heavy atom. The van der Waals surface area contributed by atoms with E-state index < -0.39 is 61.4 Å². The van der Waals surface area contributed by atoms with Crippen LogP contribution in [0.1, 0.15) is 167 Å². The van der Waals surface area contributed by atoms with E-state index >= 15 is 0 Å². The Morgan fingerprint density at radius 3 is 1.16 bits per heavy atom. The maximum atomic E-state index is 14.3. The van der Waals surface area contributed by atoms with Crippen molar-refractivity contribution in [3.8, 4) is 23.3 Å². The Labute approximate surface area is 649 Å². The summed E-state index contributed by atoms with van der Waals surface area (Å²) < 4.78 is 126. The molecule has 26 nitrogen and oxygen atoms in total. The van der Waals surface area contributed by atoms with Gasteiger partial charge in [0.15, 0.2) is 12.1 Å². The number of aromatic amines is 1. The van der Waals surface area contributed by atoms with Crippen molar-refractivity contribution in [3.05, 3.63) is 179 Å². The van der Waals surface area contributed by atoms with Crippen molar-refractivity contribution in [2.75, 3.05) is 78.1 Å². The first-order valence-electron chi connectivity index (χ1n) is 35.6. The van der Waals surface area contributed by atoms with Gasteiger partial charge < -0.3 is 67.4 Å². The summed E-state index contributed by atoms with van der Waals surface area (Å²) in [5.41, 5.74) is 1.90. The van der Waals surface area contributed by atoms with Gasteiger partial charge in [0, 0.05) is 50.9 Å². The summed E-state index contributed by atoms with van der Waals surface area (Å²) in [7, 11) is 0. The number of amides is 3. The van der Waals surface area contributed by atoms with E-state index in [1.165, 1.54) is 38.7 Å². The number of esters is 2. The first kappa shape index (κ1) is 90.8. The van der Waals surface area contributed by atoms with E-state index in [1.807, 2.05) is 119 Å². The van der Waals surface area contributed by atoms with Crippen molar-refractivity contribution in [3.63, 3.8) is 0 Å². The third-order valence-electron chi connectivity index (χ3n) is 17.2. The zero-order valence-electron chi connectivity index (χ0n) is 62.2. The number of hydrogen-bond donors (Lipinski definition) is 2. The second kappa shape index (κ2) is 47.3. The Hall–Kier alpha value is -9.79. The molecule has 0 radical (unpaired) electrons. The molecule has 2 aliphatic rings. The monoisotopic (exact) mass is 1610 g/mol. The van der Waals surface area contributed by atoms with Crippen molar-refractivity contribution in [1.82, 2.24) is 50.4 Å². The molecule has 0 unspecified atom stereocenters. The lowest BCUT2D eigenvalue weighted by molar-refractivity contribution is -0.275. The smallest absolute Gasteiger partial charge is 0.472 e. The fourth-order valence-corrected chi connectivity index (χ4v) is 12.1. The number of hydrogen-bond acceptors (Lipinski definition) is 21. The second-order valence-corrected chi connectivity index (χ2v) is 24.5. The van der Waals surface area contributed by atoms with Crippen LogP contribution in [0.3, 0.4) is 0 Å². The molecule has 2 aromatic heterocycles. The molecule has 0 saturated heterocycles. The molecule has 0 bridgehead atoms. The predicted octanol–water partition coefficient (Wildman–Crippen LogP) is 17.0. The molecule has 2 saturated carbocycles. The van der Waals surface area contributed by atoms with Crippen LogP contribution < -0.4 is 24.3 Å². The highest BCUT2D eigenvalue weighted by molar-refractivity contribution is 6.61. The van der Waals surface area contributed by atoms with Crippen LogP contribution in [0, 0.1) is 0 Å². The quantitative estimate of drug-likeness (QED) is 0.00876. The maximum absolute atomic E-state index is 14.3. The van der Waals surface area contributed by atoms with E-state index in [1.54, 1.807) is 43.0 Å². The van der Waals surface area contributed by atoms with Gasteiger partial charge in [-0.25, -0.2) is 38.5 Å². The summed E-state index contributed by atoms with van der Waals surface area (Å²) in [6.45, 7) is 19.3.